The quantitative estimate of drug-likeness (QED) is 0.832. The van der Waals surface area contributed by atoms with Crippen LogP contribution in [0.5, 0.6) is 5.75 Å². The van der Waals surface area contributed by atoms with E-state index in [1.54, 1.807) is 24.3 Å². The minimum atomic E-state index is -1.10. The van der Waals surface area contributed by atoms with Gasteiger partial charge in [0.25, 0.3) is 0 Å². The van der Waals surface area contributed by atoms with E-state index in [9.17, 15) is 14.7 Å². The van der Waals surface area contributed by atoms with Crippen molar-refractivity contribution in [2.24, 2.45) is 0 Å². The number of benzene rings is 1. The van der Waals surface area contributed by atoms with Crippen molar-refractivity contribution >= 4 is 12.3 Å². The average molecular weight is 248 g/mol. The first-order valence-electron chi connectivity index (χ1n) is 6.14. The van der Waals surface area contributed by atoms with E-state index in [2.05, 4.69) is 0 Å². The number of rotatable bonds is 4. The van der Waals surface area contributed by atoms with Crippen molar-refractivity contribution in [2.75, 3.05) is 0 Å². The predicted molar refractivity (Wildman–Crippen MR) is 65.9 cm³/mol. The van der Waals surface area contributed by atoms with E-state index in [0.717, 1.165) is 25.5 Å². The van der Waals surface area contributed by atoms with Gasteiger partial charge in [-0.25, -0.2) is 4.79 Å². The van der Waals surface area contributed by atoms with Crippen LogP contribution >= 0.6 is 0 Å². The van der Waals surface area contributed by atoms with E-state index in [1.165, 1.54) is 0 Å². The monoisotopic (exact) mass is 248 g/mol. The first-order chi connectivity index (χ1) is 8.66. The van der Waals surface area contributed by atoms with E-state index in [1.807, 2.05) is 0 Å². The van der Waals surface area contributed by atoms with Crippen LogP contribution in [-0.2, 0) is 4.79 Å². The smallest absolute Gasteiger partial charge is 0.348 e. The van der Waals surface area contributed by atoms with Gasteiger partial charge >= 0.3 is 5.97 Å². The van der Waals surface area contributed by atoms with E-state index < -0.39 is 11.6 Å². The molecule has 18 heavy (non-hydrogen) atoms. The summed E-state index contributed by atoms with van der Waals surface area (Å²) >= 11 is 0. The largest absolute Gasteiger partial charge is 0.478 e. The molecule has 0 atom stereocenters. The molecule has 0 radical (unpaired) electrons. The second-order valence-electron chi connectivity index (χ2n) is 4.65. The summed E-state index contributed by atoms with van der Waals surface area (Å²) in [5.41, 5.74) is -0.545. The Morgan fingerprint density at radius 2 is 1.78 bits per heavy atom. The molecule has 1 fully saturated rings. The molecule has 0 amide bonds. The SMILES string of the molecule is O=Cc1ccc(OC2(C(=O)O)CCCCC2)cc1. The number of carbonyl (C=O) groups is 2. The number of hydrogen-bond donors (Lipinski definition) is 1. The number of hydrogen-bond acceptors (Lipinski definition) is 3. The summed E-state index contributed by atoms with van der Waals surface area (Å²) in [6.07, 6.45) is 4.63. The number of carbonyl (C=O) groups excluding carboxylic acids is 1. The van der Waals surface area contributed by atoms with Crippen molar-refractivity contribution in [1.29, 1.82) is 0 Å². The molecule has 0 unspecified atom stereocenters. The standard InChI is InChI=1S/C14H16O4/c15-10-11-4-6-12(7-5-11)18-14(13(16)17)8-2-1-3-9-14/h4-7,10H,1-3,8-9H2,(H,16,17). The van der Waals surface area contributed by atoms with Gasteiger partial charge in [-0.15, -0.1) is 0 Å². The highest BCUT2D eigenvalue weighted by Gasteiger charge is 2.42. The molecule has 1 aromatic carbocycles. The third-order valence-corrected chi connectivity index (χ3v) is 3.38. The van der Waals surface area contributed by atoms with Crippen LogP contribution in [0.15, 0.2) is 24.3 Å². The van der Waals surface area contributed by atoms with Gasteiger partial charge in [-0.1, -0.05) is 6.42 Å². The molecule has 1 aliphatic rings. The lowest BCUT2D eigenvalue weighted by molar-refractivity contribution is -0.158. The van der Waals surface area contributed by atoms with Gasteiger partial charge in [0.15, 0.2) is 0 Å². The lowest BCUT2D eigenvalue weighted by atomic mass is 9.84. The fraction of sp³-hybridized carbons (Fsp3) is 0.429. The molecule has 0 bridgehead atoms. The van der Waals surface area contributed by atoms with Gasteiger partial charge in [0.1, 0.15) is 12.0 Å². The number of aldehydes is 1. The third-order valence-electron chi connectivity index (χ3n) is 3.38. The highest BCUT2D eigenvalue weighted by molar-refractivity contribution is 5.78. The molecular weight excluding hydrogens is 232 g/mol. The second kappa shape index (κ2) is 5.21. The van der Waals surface area contributed by atoms with Gasteiger partial charge in [-0.3, -0.25) is 4.79 Å². The number of aliphatic carboxylic acids is 1. The molecule has 0 saturated heterocycles. The van der Waals surface area contributed by atoms with Gasteiger partial charge in [-0.2, -0.15) is 0 Å². The van der Waals surface area contributed by atoms with Crippen molar-refractivity contribution in [3.63, 3.8) is 0 Å². The summed E-state index contributed by atoms with van der Waals surface area (Å²) < 4.78 is 5.69. The fourth-order valence-electron chi connectivity index (χ4n) is 2.32. The first kappa shape index (κ1) is 12.6. The van der Waals surface area contributed by atoms with Gasteiger partial charge in [0.05, 0.1) is 0 Å². The van der Waals surface area contributed by atoms with E-state index >= 15 is 0 Å². The Morgan fingerprint density at radius 3 is 2.28 bits per heavy atom. The molecule has 1 saturated carbocycles. The zero-order valence-electron chi connectivity index (χ0n) is 10.1. The van der Waals surface area contributed by atoms with Crippen molar-refractivity contribution in [3.8, 4) is 5.75 Å². The van der Waals surface area contributed by atoms with Crippen LogP contribution in [0.4, 0.5) is 0 Å². The zero-order valence-corrected chi connectivity index (χ0v) is 10.1. The normalized spacial score (nSPS) is 18.0. The summed E-state index contributed by atoms with van der Waals surface area (Å²) in [5.74, 6) is -0.397. The highest BCUT2D eigenvalue weighted by Crippen LogP contribution is 2.33. The summed E-state index contributed by atoms with van der Waals surface area (Å²) in [4.78, 5) is 22.0. The van der Waals surface area contributed by atoms with Gasteiger partial charge < -0.3 is 9.84 Å². The Labute approximate surface area is 106 Å². The molecule has 4 nitrogen and oxygen atoms in total. The van der Waals surface area contributed by atoms with Crippen molar-refractivity contribution < 1.29 is 19.4 Å². The molecule has 1 aliphatic carbocycles. The van der Waals surface area contributed by atoms with Crippen LogP contribution < -0.4 is 4.74 Å². The van der Waals surface area contributed by atoms with Crippen molar-refractivity contribution in [2.45, 2.75) is 37.7 Å². The molecule has 96 valence electrons. The van der Waals surface area contributed by atoms with Crippen LogP contribution in [0.25, 0.3) is 0 Å². The van der Waals surface area contributed by atoms with Crippen LogP contribution in [-0.4, -0.2) is 23.0 Å². The zero-order chi connectivity index (χ0) is 13.0. The van der Waals surface area contributed by atoms with Crippen LogP contribution in [0.1, 0.15) is 42.5 Å². The molecule has 2 rings (SSSR count). The topological polar surface area (TPSA) is 63.6 Å². The van der Waals surface area contributed by atoms with Crippen LogP contribution in [0, 0.1) is 0 Å². The highest BCUT2D eigenvalue weighted by atomic mass is 16.5. The molecule has 0 spiro atoms. The maximum atomic E-state index is 11.4. The van der Waals surface area contributed by atoms with Gasteiger partial charge in [0, 0.05) is 5.56 Å². The number of carboxylic acid groups (broad SMARTS) is 1. The molecule has 1 aromatic rings. The molecule has 0 aliphatic heterocycles. The number of ether oxygens (including phenoxy) is 1. The fourth-order valence-corrected chi connectivity index (χ4v) is 2.32. The molecular formula is C14H16O4. The second-order valence-corrected chi connectivity index (χ2v) is 4.65. The average Bonchev–Trinajstić information content (AvgIpc) is 2.40. The summed E-state index contributed by atoms with van der Waals surface area (Å²) in [6.45, 7) is 0. The molecule has 0 heterocycles. The summed E-state index contributed by atoms with van der Waals surface area (Å²) in [5, 5.41) is 9.37. The van der Waals surface area contributed by atoms with E-state index in [-0.39, 0.29) is 0 Å². The lowest BCUT2D eigenvalue weighted by Crippen LogP contribution is -2.46. The molecule has 4 heteroatoms. The minimum Gasteiger partial charge on any atom is -0.478 e. The van der Waals surface area contributed by atoms with Gasteiger partial charge in [-0.05, 0) is 49.9 Å². The van der Waals surface area contributed by atoms with Crippen molar-refractivity contribution in [3.05, 3.63) is 29.8 Å². The maximum absolute atomic E-state index is 11.4. The molecule has 0 aromatic heterocycles. The third kappa shape index (κ3) is 2.53. The Bertz CT molecular complexity index is 430. The van der Waals surface area contributed by atoms with Gasteiger partial charge in [0.2, 0.25) is 5.60 Å². The Hall–Kier alpha value is -1.84. The predicted octanol–water partition coefficient (Wildman–Crippen LogP) is 2.67. The lowest BCUT2D eigenvalue weighted by Gasteiger charge is -2.33. The Kier molecular flexibility index (Phi) is 3.65. The maximum Gasteiger partial charge on any atom is 0.348 e. The minimum absolute atomic E-state index is 0.505. The van der Waals surface area contributed by atoms with Crippen molar-refractivity contribution in [1.82, 2.24) is 0 Å². The van der Waals surface area contributed by atoms with Crippen LogP contribution in [0.3, 0.4) is 0 Å². The van der Waals surface area contributed by atoms with E-state index in [4.69, 9.17) is 4.74 Å². The Balaban J connectivity index is 2.17. The number of carboxylic acids is 1. The summed E-state index contributed by atoms with van der Waals surface area (Å²) in [6, 6.07) is 6.54. The summed E-state index contributed by atoms with van der Waals surface area (Å²) in [7, 11) is 0. The van der Waals surface area contributed by atoms with Crippen LogP contribution in [0.2, 0.25) is 0 Å². The Morgan fingerprint density at radius 1 is 1.17 bits per heavy atom. The first-order valence-corrected chi connectivity index (χ1v) is 6.14. The van der Waals surface area contributed by atoms with E-state index in [0.29, 0.717) is 24.2 Å². The molecule has 1 N–H and O–H groups in total.